The molecule has 0 saturated carbocycles. The smallest absolute Gasteiger partial charge is 0.306 e. The lowest BCUT2D eigenvalue weighted by molar-refractivity contribution is -0.151. The molecule has 1 heterocycles. The number of fused-ring (bicyclic) bond motifs is 3. The van der Waals surface area contributed by atoms with Gasteiger partial charge < -0.3 is 28.4 Å². The Bertz CT molecular complexity index is 1760. The first-order chi connectivity index (χ1) is 23.8. The minimum atomic E-state index is -0.973. The van der Waals surface area contributed by atoms with Crippen LogP contribution in [0.5, 0.6) is 17.2 Å². The Hall–Kier alpha value is -5.31. The second-order valence-corrected chi connectivity index (χ2v) is 11.8. The Morgan fingerprint density at radius 1 is 0.673 bits per heavy atom. The van der Waals surface area contributed by atoms with E-state index in [0.717, 1.165) is 56.5 Å². The second-order valence-electron chi connectivity index (χ2n) is 11.8. The molecule has 0 radical (unpaired) electrons. The lowest BCUT2D eigenvalue weighted by atomic mass is 9.82. The van der Waals surface area contributed by atoms with Crippen LogP contribution in [0.3, 0.4) is 0 Å². The van der Waals surface area contributed by atoms with Gasteiger partial charge in [0.2, 0.25) is 0 Å². The van der Waals surface area contributed by atoms with Gasteiger partial charge in [0.1, 0.15) is 23.9 Å². The fourth-order valence-electron chi connectivity index (χ4n) is 6.01. The number of ether oxygens (including phenoxy) is 6. The van der Waals surface area contributed by atoms with Gasteiger partial charge in [0, 0.05) is 34.1 Å². The Balaban J connectivity index is 1.35. The number of unbranched alkanes of at least 4 members (excludes halogenated alkanes) is 2. The van der Waals surface area contributed by atoms with Crippen LogP contribution in [-0.2, 0) is 40.8 Å². The van der Waals surface area contributed by atoms with Gasteiger partial charge in [-0.25, -0.2) is 0 Å². The SMILES string of the molecule is COC(=O)CCCCCOC(=O)CCC(=O)OCc1c2c(c3ccccc3c1C)OC(c1ccc(OC)cc1)(c1ccc(OC)cc1)C=C2. The molecule has 0 N–H and O–H groups in total. The topological polar surface area (TPSA) is 107 Å². The number of carbonyl (C=O) groups excluding carboxylic acids is 3. The van der Waals surface area contributed by atoms with E-state index in [0.29, 0.717) is 25.0 Å². The van der Waals surface area contributed by atoms with Gasteiger partial charge >= 0.3 is 17.9 Å². The summed E-state index contributed by atoms with van der Waals surface area (Å²) in [4.78, 5) is 36.2. The fraction of sp³-hybridized carbons (Fsp3) is 0.325. The van der Waals surface area contributed by atoms with E-state index in [1.54, 1.807) is 14.2 Å². The molecule has 0 aliphatic carbocycles. The predicted molar refractivity (Wildman–Crippen MR) is 186 cm³/mol. The highest BCUT2D eigenvalue weighted by molar-refractivity contribution is 5.96. The van der Waals surface area contributed by atoms with Crippen LogP contribution in [-0.4, -0.2) is 45.8 Å². The van der Waals surface area contributed by atoms with Crippen molar-refractivity contribution in [2.24, 2.45) is 0 Å². The van der Waals surface area contributed by atoms with Crippen LogP contribution in [0.4, 0.5) is 0 Å². The summed E-state index contributed by atoms with van der Waals surface area (Å²) < 4.78 is 33.6. The van der Waals surface area contributed by atoms with Gasteiger partial charge in [0.25, 0.3) is 0 Å². The third kappa shape index (κ3) is 8.05. The van der Waals surface area contributed by atoms with E-state index < -0.39 is 17.5 Å². The van der Waals surface area contributed by atoms with Crippen LogP contribution < -0.4 is 14.2 Å². The van der Waals surface area contributed by atoms with Gasteiger partial charge in [-0.1, -0.05) is 54.6 Å². The van der Waals surface area contributed by atoms with E-state index >= 15 is 0 Å². The molecule has 0 atom stereocenters. The first-order valence-electron chi connectivity index (χ1n) is 16.4. The molecule has 0 unspecified atom stereocenters. The molecular weight excluding hydrogens is 624 g/mol. The van der Waals surface area contributed by atoms with Crippen LogP contribution in [0.2, 0.25) is 0 Å². The van der Waals surface area contributed by atoms with E-state index in [2.05, 4.69) is 4.74 Å². The molecule has 49 heavy (non-hydrogen) atoms. The van der Waals surface area contributed by atoms with Crippen molar-refractivity contribution in [3.05, 3.63) is 107 Å². The van der Waals surface area contributed by atoms with Crippen molar-refractivity contribution in [3.8, 4) is 17.2 Å². The fourth-order valence-corrected chi connectivity index (χ4v) is 6.01. The molecule has 0 saturated heterocycles. The van der Waals surface area contributed by atoms with Gasteiger partial charge in [0.15, 0.2) is 5.60 Å². The molecular formula is C40H42O9. The molecule has 5 rings (SSSR count). The van der Waals surface area contributed by atoms with Crippen molar-refractivity contribution in [1.82, 2.24) is 0 Å². The van der Waals surface area contributed by atoms with Gasteiger partial charge in [-0.2, -0.15) is 0 Å². The zero-order chi connectivity index (χ0) is 34.8. The normalized spacial score (nSPS) is 12.8. The maximum Gasteiger partial charge on any atom is 0.306 e. The summed E-state index contributed by atoms with van der Waals surface area (Å²) in [6, 6.07) is 23.6. The molecule has 256 valence electrons. The van der Waals surface area contributed by atoms with Crippen LogP contribution in [0.1, 0.15) is 66.3 Å². The van der Waals surface area contributed by atoms with E-state index in [1.165, 1.54) is 7.11 Å². The van der Waals surface area contributed by atoms with E-state index in [1.807, 2.05) is 91.9 Å². The Labute approximate surface area is 286 Å². The van der Waals surface area contributed by atoms with Gasteiger partial charge in [-0.15, -0.1) is 0 Å². The molecule has 1 aliphatic heterocycles. The summed E-state index contributed by atoms with van der Waals surface area (Å²) in [5.41, 5.74) is 3.47. The summed E-state index contributed by atoms with van der Waals surface area (Å²) in [6.07, 6.45) is 6.27. The van der Waals surface area contributed by atoms with Gasteiger partial charge in [-0.3, -0.25) is 14.4 Å². The zero-order valence-electron chi connectivity index (χ0n) is 28.4. The molecule has 0 amide bonds. The highest BCUT2D eigenvalue weighted by atomic mass is 16.5. The number of esters is 3. The first kappa shape index (κ1) is 35.0. The van der Waals surface area contributed by atoms with Crippen molar-refractivity contribution < 1.29 is 42.8 Å². The van der Waals surface area contributed by atoms with Gasteiger partial charge in [-0.05, 0) is 67.5 Å². The maximum atomic E-state index is 12.8. The summed E-state index contributed by atoms with van der Waals surface area (Å²) in [7, 11) is 4.63. The van der Waals surface area contributed by atoms with Crippen LogP contribution in [0, 0.1) is 6.92 Å². The highest BCUT2D eigenvalue weighted by Gasteiger charge is 2.39. The average molecular weight is 667 g/mol. The summed E-state index contributed by atoms with van der Waals surface area (Å²) in [6.45, 7) is 2.26. The third-order valence-electron chi connectivity index (χ3n) is 8.81. The van der Waals surface area contributed by atoms with E-state index in [4.69, 9.17) is 23.7 Å². The molecule has 4 aromatic carbocycles. The third-order valence-corrected chi connectivity index (χ3v) is 8.81. The standard InChI is InChI=1S/C40H42O9/c1-27-32-10-7-8-11-33(32)39-34(35(27)26-48-38(43)22-21-37(42)47-25-9-5-6-12-36(41)46-4)23-24-40(49-39,28-13-17-30(44-2)18-14-28)29-15-19-31(45-3)20-16-29/h7-8,10-11,13-20,23-24H,5-6,9,12,21-22,25-26H2,1-4H3. The molecule has 0 aromatic heterocycles. The largest absolute Gasteiger partial charge is 0.497 e. The van der Waals surface area contributed by atoms with Crippen molar-refractivity contribution in [2.75, 3.05) is 27.9 Å². The number of benzene rings is 4. The van der Waals surface area contributed by atoms with E-state index in [-0.39, 0.29) is 32.0 Å². The second kappa shape index (κ2) is 16.2. The number of aryl methyl sites for hydroxylation is 1. The summed E-state index contributed by atoms with van der Waals surface area (Å²) in [5.74, 6) is 0.932. The first-order valence-corrected chi connectivity index (χ1v) is 16.4. The minimum absolute atomic E-state index is 0.0127. The number of carbonyl (C=O) groups is 3. The number of rotatable bonds is 15. The minimum Gasteiger partial charge on any atom is -0.497 e. The van der Waals surface area contributed by atoms with Crippen molar-refractivity contribution >= 4 is 34.8 Å². The molecule has 0 bridgehead atoms. The summed E-state index contributed by atoms with van der Waals surface area (Å²) in [5, 5.41) is 1.92. The zero-order valence-corrected chi connectivity index (χ0v) is 28.4. The number of hydrogen-bond donors (Lipinski definition) is 0. The molecule has 1 aliphatic rings. The predicted octanol–water partition coefficient (Wildman–Crippen LogP) is 7.61. The van der Waals surface area contributed by atoms with Crippen molar-refractivity contribution in [3.63, 3.8) is 0 Å². The van der Waals surface area contributed by atoms with Crippen LogP contribution in [0.15, 0.2) is 78.9 Å². The van der Waals surface area contributed by atoms with Gasteiger partial charge in [0.05, 0.1) is 40.8 Å². The number of methoxy groups -OCH3 is 3. The lowest BCUT2D eigenvalue weighted by Gasteiger charge is -2.37. The number of hydrogen-bond acceptors (Lipinski definition) is 9. The van der Waals surface area contributed by atoms with Crippen LogP contribution >= 0.6 is 0 Å². The van der Waals surface area contributed by atoms with Crippen molar-refractivity contribution in [2.45, 2.75) is 57.7 Å². The molecule has 0 fully saturated rings. The highest BCUT2D eigenvalue weighted by Crippen LogP contribution is 2.48. The monoisotopic (exact) mass is 666 g/mol. The average Bonchev–Trinajstić information content (AvgIpc) is 3.15. The summed E-state index contributed by atoms with van der Waals surface area (Å²) >= 11 is 0. The van der Waals surface area contributed by atoms with Crippen LogP contribution in [0.25, 0.3) is 16.8 Å². The maximum absolute atomic E-state index is 12.8. The quantitative estimate of drug-likeness (QED) is 0.0720. The molecule has 0 spiro atoms. The Kier molecular flexibility index (Phi) is 11.6. The lowest BCUT2D eigenvalue weighted by Crippen LogP contribution is -2.34. The van der Waals surface area contributed by atoms with Crippen molar-refractivity contribution in [1.29, 1.82) is 0 Å². The van der Waals surface area contributed by atoms with E-state index in [9.17, 15) is 14.4 Å². The molecule has 4 aromatic rings. The Morgan fingerprint density at radius 2 is 1.27 bits per heavy atom. The molecule has 9 heteroatoms. The Morgan fingerprint density at radius 3 is 1.86 bits per heavy atom. The molecule has 9 nitrogen and oxygen atoms in total.